The summed E-state index contributed by atoms with van der Waals surface area (Å²) in [4.78, 5) is 29.8. The third-order valence-electron chi connectivity index (χ3n) is 11.5. The zero-order valence-electron chi connectivity index (χ0n) is 29.1. The SMILES string of the molecule is CC1=CCC[C@@]2(C)[C@@H](CC[C@@]23CN(Cc2ccccc2)C(=O)O3)c2ccc(cc2C(=O)c2ccc(-c3cc(C(F)(F)F)ccc3Cl)o2)C[C@@H](O)CC1. The van der Waals surface area contributed by atoms with Gasteiger partial charge in [0, 0.05) is 23.1 Å². The number of ketones is 1. The van der Waals surface area contributed by atoms with Gasteiger partial charge in [-0.3, -0.25) is 9.69 Å². The molecule has 52 heavy (non-hydrogen) atoms. The van der Waals surface area contributed by atoms with Gasteiger partial charge < -0.3 is 14.3 Å². The van der Waals surface area contributed by atoms with Crippen molar-refractivity contribution in [3.8, 4) is 11.3 Å². The molecule has 2 fully saturated rings. The predicted octanol–water partition coefficient (Wildman–Crippen LogP) is 10.5. The van der Waals surface area contributed by atoms with E-state index in [4.69, 9.17) is 20.8 Å². The maximum Gasteiger partial charge on any atom is 0.416 e. The largest absolute Gasteiger partial charge is 0.453 e. The van der Waals surface area contributed by atoms with Crippen LogP contribution in [0.2, 0.25) is 5.02 Å². The fourth-order valence-electron chi connectivity index (χ4n) is 8.54. The molecule has 1 saturated carbocycles. The predicted molar refractivity (Wildman–Crippen MR) is 192 cm³/mol. The molecule has 8 rings (SSSR count). The Labute approximate surface area is 306 Å². The number of hydrogen-bond acceptors (Lipinski definition) is 5. The Kier molecular flexibility index (Phi) is 9.63. The Morgan fingerprint density at radius 2 is 1.81 bits per heavy atom. The first kappa shape index (κ1) is 36.0. The molecule has 1 saturated heterocycles. The van der Waals surface area contributed by atoms with Crippen LogP contribution in [0.5, 0.6) is 0 Å². The first-order valence-electron chi connectivity index (χ1n) is 17.8. The molecule has 1 spiro atoms. The quantitative estimate of drug-likeness (QED) is 0.163. The summed E-state index contributed by atoms with van der Waals surface area (Å²) in [5, 5.41) is 11.0. The molecule has 0 unspecified atom stereocenters. The van der Waals surface area contributed by atoms with E-state index in [1.54, 1.807) is 4.90 Å². The van der Waals surface area contributed by atoms with Gasteiger partial charge in [-0.1, -0.05) is 72.6 Å². The number of carbonyl (C=O) groups is 2. The molecule has 4 atom stereocenters. The second-order valence-corrected chi connectivity index (χ2v) is 15.2. The number of halogens is 4. The second-order valence-electron chi connectivity index (χ2n) is 14.8. The van der Waals surface area contributed by atoms with Crippen LogP contribution in [-0.2, 0) is 23.9 Å². The van der Waals surface area contributed by atoms with E-state index in [0.717, 1.165) is 47.7 Å². The Morgan fingerprint density at radius 3 is 2.58 bits per heavy atom. The summed E-state index contributed by atoms with van der Waals surface area (Å²) >= 11 is 6.31. The van der Waals surface area contributed by atoms with Crippen molar-refractivity contribution < 1.29 is 37.0 Å². The number of alkyl halides is 3. The average Bonchev–Trinajstić information content (AvgIpc) is 3.79. The molecule has 4 aromatic rings. The topological polar surface area (TPSA) is 80.0 Å². The van der Waals surface area contributed by atoms with Gasteiger partial charge in [-0.25, -0.2) is 4.79 Å². The number of nitrogens with zero attached hydrogens (tertiary/aromatic N) is 1. The lowest BCUT2D eigenvalue weighted by atomic mass is 9.65. The number of carbonyl (C=O) groups excluding carboxylic acids is 2. The monoisotopic (exact) mass is 731 g/mol. The first-order valence-corrected chi connectivity index (χ1v) is 18.1. The van der Waals surface area contributed by atoms with Crippen LogP contribution in [0.15, 0.2) is 94.9 Å². The number of fused-ring (bicyclic) bond motifs is 8. The van der Waals surface area contributed by atoms with Gasteiger partial charge in [0.1, 0.15) is 11.4 Å². The molecule has 6 nitrogen and oxygen atoms in total. The first-order chi connectivity index (χ1) is 24.8. The smallest absolute Gasteiger partial charge is 0.416 e. The molecule has 3 aliphatic carbocycles. The van der Waals surface area contributed by atoms with Gasteiger partial charge in [0.2, 0.25) is 5.78 Å². The van der Waals surface area contributed by atoms with Gasteiger partial charge in [-0.05, 0) is 111 Å². The summed E-state index contributed by atoms with van der Waals surface area (Å²) in [6.45, 7) is 5.10. The molecule has 0 radical (unpaired) electrons. The number of allylic oxidation sites excluding steroid dienone is 2. The van der Waals surface area contributed by atoms with Crippen molar-refractivity contribution in [2.75, 3.05) is 6.54 Å². The lowest BCUT2D eigenvalue weighted by Crippen LogP contribution is -2.48. The molecule has 4 aliphatic rings. The lowest BCUT2D eigenvalue weighted by molar-refractivity contribution is -0.137. The van der Waals surface area contributed by atoms with Crippen molar-refractivity contribution in [3.05, 3.63) is 129 Å². The Balaban J connectivity index is 1.29. The zero-order chi connectivity index (χ0) is 36.8. The highest BCUT2D eigenvalue weighted by molar-refractivity contribution is 6.33. The number of rotatable bonds is 5. The van der Waals surface area contributed by atoms with E-state index in [0.29, 0.717) is 50.8 Å². The Hall–Kier alpha value is -4.34. The molecule has 10 heteroatoms. The average molecular weight is 732 g/mol. The van der Waals surface area contributed by atoms with Gasteiger partial charge in [0.25, 0.3) is 0 Å². The van der Waals surface area contributed by atoms with Crippen LogP contribution >= 0.6 is 11.6 Å². The molecule has 1 aliphatic heterocycles. The summed E-state index contributed by atoms with van der Waals surface area (Å²) in [6, 6.07) is 21.4. The van der Waals surface area contributed by atoms with Crippen LogP contribution in [-0.4, -0.2) is 40.1 Å². The lowest BCUT2D eigenvalue weighted by Gasteiger charge is -2.43. The van der Waals surface area contributed by atoms with E-state index in [1.807, 2.05) is 48.5 Å². The minimum absolute atomic E-state index is 0.0267. The molecular formula is C42H41ClF3NO5. The van der Waals surface area contributed by atoms with Crippen molar-refractivity contribution in [1.82, 2.24) is 4.90 Å². The normalized spacial score (nSPS) is 25.2. The molecule has 1 amide bonds. The van der Waals surface area contributed by atoms with Gasteiger partial charge in [-0.2, -0.15) is 13.2 Å². The second kappa shape index (κ2) is 13.9. The molecular weight excluding hydrogens is 691 g/mol. The van der Waals surface area contributed by atoms with Crippen LogP contribution in [0.1, 0.15) is 96.7 Å². The number of aliphatic hydroxyl groups is 1. The van der Waals surface area contributed by atoms with Gasteiger partial charge in [0.15, 0.2) is 5.76 Å². The highest BCUT2D eigenvalue weighted by atomic mass is 35.5. The van der Waals surface area contributed by atoms with Gasteiger partial charge in [0.05, 0.1) is 23.2 Å². The number of amides is 1. The summed E-state index contributed by atoms with van der Waals surface area (Å²) in [5.41, 5.74) is 1.94. The van der Waals surface area contributed by atoms with Crippen LogP contribution in [0.4, 0.5) is 18.0 Å². The number of furan rings is 1. The fraction of sp³-hybridized carbons (Fsp3) is 0.381. The summed E-state index contributed by atoms with van der Waals surface area (Å²) in [5.74, 6) is -0.615. The minimum Gasteiger partial charge on any atom is -0.453 e. The molecule has 2 heterocycles. The molecule has 272 valence electrons. The number of benzene rings is 3. The Morgan fingerprint density at radius 1 is 1.02 bits per heavy atom. The van der Waals surface area contributed by atoms with Crippen molar-refractivity contribution in [1.29, 1.82) is 0 Å². The van der Waals surface area contributed by atoms with Crippen LogP contribution in [0, 0.1) is 5.41 Å². The summed E-state index contributed by atoms with van der Waals surface area (Å²) in [6.07, 6.45) is 0.977. The Bertz CT molecular complexity index is 2020. The molecule has 2 bridgehead atoms. The van der Waals surface area contributed by atoms with Crippen molar-refractivity contribution in [3.63, 3.8) is 0 Å². The number of ether oxygens (including phenoxy) is 1. The maximum absolute atomic E-state index is 14.5. The minimum atomic E-state index is -4.59. The van der Waals surface area contributed by atoms with E-state index in [9.17, 15) is 27.9 Å². The molecule has 1 N–H and O–H groups in total. The summed E-state index contributed by atoms with van der Waals surface area (Å²) in [7, 11) is 0. The standard InChI is InChI=1S/C42H41ClF3NO5/c1-26-7-6-19-40(2)34(18-20-41(40)25-47(39(50)52-41)24-27-8-4-3-5-9-27)31-14-11-28(21-30(48)13-10-26)22-32(31)38(49)37-17-16-36(51-37)33-23-29(42(44,45)46)12-15-35(33)43/h3-5,7-9,11-12,14-17,22-23,30,34,48H,6,10,13,18-21,24-25H2,1-2H3/t30-,34-,40-,41+/m0/s1. The third-order valence-corrected chi connectivity index (χ3v) is 11.8. The van der Waals surface area contributed by atoms with Crippen LogP contribution in [0.25, 0.3) is 11.3 Å². The third kappa shape index (κ3) is 6.81. The van der Waals surface area contributed by atoms with E-state index >= 15 is 0 Å². The molecule has 1 aromatic heterocycles. The highest BCUT2D eigenvalue weighted by Gasteiger charge is 2.64. The molecule has 3 aromatic carbocycles. The van der Waals surface area contributed by atoms with E-state index in [-0.39, 0.29) is 34.1 Å². The summed E-state index contributed by atoms with van der Waals surface area (Å²) < 4.78 is 53.1. The van der Waals surface area contributed by atoms with E-state index < -0.39 is 34.6 Å². The van der Waals surface area contributed by atoms with Crippen LogP contribution in [0.3, 0.4) is 0 Å². The van der Waals surface area contributed by atoms with Crippen molar-refractivity contribution in [2.24, 2.45) is 5.41 Å². The van der Waals surface area contributed by atoms with Gasteiger partial charge >= 0.3 is 12.3 Å². The number of aliphatic hydroxyl groups excluding tert-OH is 1. The highest BCUT2D eigenvalue weighted by Crippen LogP contribution is 2.62. The fourth-order valence-corrected chi connectivity index (χ4v) is 8.75. The van der Waals surface area contributed by atoms with E-state index in [2.05, 4.69) is 19.9 Å². The van der Waals surface area contributed by atoms with E-state index in [1.165, 1.54) is 17.7 Å². The number of hydrogen-bond donors (Lipinski definition) is 1. The zero-order valence-corrected chi connectivity index (χ0v) is 29.9. The van der Waals surface area contributed by atoms with Crippen molar-refractivity contribution in [2.45, 2.75) is 89.1 Å². The maximum atomic E-state index is 14.5. The van der Waals surface area contributed by atoms with Crippen LogP contribution < -0.4 is 0 Å². The van der Waals surface area contributed by atoms with Gasteiger partial charge in [-0.15, -0.1) is 0 Å². The van der Waals surface area contributed by atoms with Crippen molar-refractivity contribution >= 4 is 23.5 Å².